The Bertz CT molecular complexity index is 200. The quantitative estimate of drug-likeness (QED) is 0.439. The number of thioether (sulfide) groups is 1. The lowest BCUT2D eigenvalue weighted by molar-refractivity contribution is -0.121. The van der Waals surface area contributed by atoms with Crippen LogP contribution in [-0.2, 0) is 9.53 Å². The maximum Gasteiger partial charge on any atom is 0.234 e. The molecule has 0 aliphatic rings. The van der Waals surface area contributed by atoms with Gasteiger partial charge in [0, 0.05) is 31.2 Å². The van der Waals surface area contributed by atoms with Gasteiger partial charge in [0.15, 0.2) is 0 Å². The monoisotopic (exact) mass is 246 g/mol. The zero-order valence-electron chi connectivity index (χ0n) is 10.1. The van der Waals surface area contributed by atoms with Crippen molar-refractivity contribution in [3.63, 3.8) is 0 Å². The molecule has 0 radical (unpaired) electrons. The van der Waals surface area contributed by atoms with Gasteiger partial charge in [-0.2, -0.15) is 11.8 Å². The Labute approximate surface area is 102 Å². The summed E-state index contributed by atoms with van der Waals surface area (Å²) in [7, 11) is 1.62. The van der Waals surface area contributed by atoms with Crippen molar-refractivity contribution in [2.75, 3.05) is 38.3 Å². The van der Waals surface area contributed by atoms with Crippen LogP contribution in [0.3, 0.4) is 0 Å². The molecule has 0 fully saturated rings. The minimum Gasteiger partial charge on any atom is -0.383 e. The minimum absolute atomic E-state index is 0.0123. The van der Waals surface area contributed by atoms with Crippen molar-refractivity contribution in [3.05, 3.63) is 12.7 Å². The molecule has 0 aromatic carbocycles. The van der Waals surface area contributed by atoms with Crippen molar-refractivity contribution in [3.8, 4) is 0 Å². The van der Waals surface area contributed by atoms with Crippen LogP contribution in [-0.4, -0.2) is 50.3 Å². The third-order valence-electron chi connectivity index (χ3n) is 1.77. The van der Waals surface area contributed by atoms with Gasteiger partial charge in [0.2, 0.25) is 5.91 Å². The predicted octanol–water partition coefficient (Wildman–Crippen LogP) is 0.646. The number of hydrogen-bond acceptors (Lipinski definition) is 4. The van der Waals surface area contributed by atoms with Crippen molar-refractivity contribution in [2.45, 2.75) is 13.0 Å². The van der Waals surface area contributed by atoms with Crippen LogP contribution >= 0.6 is 11.8 Å². The van der Waals surface area contributed by atoms with E-state index in [0.717, 1.165) is 18.1 Å². The van der Waals surface area contributed by atoms with Gasteiger partial charge >= 0.3 is 0 Å². The molecule has 0 spiro atoms. The molecule has 0 rings (SSSR count). The SMILES string of the molecule is C=CCSCCNCC(=O)NC(C)COC. The Morgan fingerprint density at radius 2 is 2.38 bits per heavy atom. The largest absolute Gasteiger partial charge is 0.383 e. The highest BCUT2D eigenvalue weighted by Crippen LogP contribution is 1.96. The third-order valence-corrected chi connectivity index (χ3v) is 2.73. The number of ether oxygens (including phenoxy) is 1. The van der Waals surface area contributed by atoms with Gasteiger partial charge in [-0.3, -0.25) is 4.79 Å². The highest BCUT2D eigenvalue weighted by molar-refractivity contribution is 7.99. The average Bonchev–Trinajstić information content (AvgIpc) is 2.23. The molecule has 0 saturated carbocycles. The van der Waals surface area contributed by atoms with E-state index in [4.69, 9.17) is 4.74 Å². The molecule has 4 nitrogen and oxygen atoms in total. The maximum absolute atomic E-state index is 11.4. The van der Waals surface area contributed by atoms with Gasteiger partial charge < -0.3 is 15.4 Å². The lowest BCUT2D eigenvalue weighted by atomic mass is 10.3. The molecular weight excluding hydrogens is 224 g/mol. The van der Waals surface area contributed by atoms with Crippen LogP contribution in [0.4, 0.5) is 0 Å². The van der Waals surface area contributed by atoms with E-state index in [1.165, 1.54) is 0 Å². The number of amides is 1. The van der Waals surface area contributed by atoms with Gasteiger partial charge in [0.05, 0.1) is 13.2 Å². The summed E-state index contributed by atoms with van der Waals surface area (Å²) in [6.07, 6.45) is 1.88. The fourth-order valence-corrected chi connectivity index (χ4v) is 1.75. The van der Waals surface area contributed by atoms with E-state index in [2.05, 4.69) is 17.2 Å². The molecule has 94 valence electrons. The van der Waals surface area contributed by atoms with Gasteiger partial charge in [-0.25, -0.2) is 0 Å². The summed E-state index contributed by atoms with van der Waals surface area (Å²) in [5.74, 6) is 1.96. The first-order valence-corrected chi connectivity index (χ1v) is 6.53. The summed E-state index contributed by atoms with van der Waals surface area (Å²) in [4.78, 5) is 11.4. The fraction of sp³-hybridized carbons (Fsp3) is 0.727. The van der Waals surface area contributed by atoms with E-state index in [-0.39, 0.29) is 11.9 Å². The number of rotatable bonds is 10. The third kappa shape index (κ3) is 10.0. The molecule has 5 heteroatoms. The first-order valence-electron chi connectivity index (χ1n) is 5.38. The average molecular weight is 246 g/mol. The molecule has 1 unspecified atom stereocenters. The lowest BCUT2D eigenvalue weighted by Gasteiger charge is -2.12. The molecule has 0 heterocycles. The van der Waals surface area contributed by atoms with E-state index in [9.17, 15) is 4.79 Å². The summed E-state index contributed by atoms with van der Waals surface area (Å²) in [6, 6.07) is 0.0643. The second-order valence-electron chi connectivity index (χ2n) is 3.46. The Kier molecular flexibility index (Phi) is 10.6. The molecular formula is C11H22N2O2S. The standard InChI is InChI=1S/C11H22N2O2S/c1-4-6-16-7-5-12-8-11(14)13-10(2)9-15-3/h4,10,12H,1,5-9H2,2-3H3,(H,13,14). The molecule has 2 N–H and O–H groups in total. The van der Waals surface area contributed by atoms with E-state index in [1.54, 1.807) is 18.9 Å². The van der Waals surface area contributed by atoms with Crippen LogP contribution in [0.1, 0.15) is 6.92 Å². The Hall–Kier alpha value is -0.520. The molecule has 0 aliphatic carbocycles. The van der Waals surface area contributed by atoms with Crippen LogP contribution in [0.25, 0.3) is 0 Å². The highest BCUT2D eigenvalue weighted by Gasteiger charge is 2.05. The second-order valence-corrected chi connectivity index (χ2v) is 4.61. The normalized spacial score (nSPS) is 12.1. The van der Waals surface area contributed by atoms with Crippen molar-refractivity contribution in [2.24, 2.45) is 0 Å². The molecule has 0 aromatic heterocycles. The molecule has 0 saturated heterocycles. The topological polar surface area (TPSA) is 50.4 Å². The van der Waals surface area contributed by atoms with E-state index in [1.807, 2.05) is 13.0 Å². The van der Waals surface area contributed by atoms with Crippen LogP contribution in [0.15, 0.2) is 12.7 Å². The number of carbonyl (C=O) groups is 1. The Balaban J connectivity index is 3.33. The number of hydrogen-bond donors (Lipinski definition) is 2. The zero-order valence-corrected chi connectivity index (χ0v) is 10.9. The van der Waals surface area contributed by atoms with E-state index < -0.39 is 0 Å². The van der Waals surface area contributed by atoms with Crippen LogP contribution in [0.2, 0.25) is 0 Å². The van der Waals surface area contributed by atoms with Gasteiger partial charge in [-0.05, 0) is 6.92 Å². The molecule has 0 bridgehead atoms. The van der Waals surface area contributed by atoms with Crippen LogP contribution in [0.5, 0.6) is 0 Å². The van der Waals surface area contributed by atoms with Crippen molar-refractivity contribution in [1.82, 2.24) is 10.6 Å². The molecule has 1 atom stereocenters. The van der Waals surface area contributed by atoms with Crippen LogP contribution < -0.4 is 10.6 Å². The lowest BCUT2D eigenvalue weighted by Crippen LogP contribution is -2.41. The summed E-state index contributed by atoms with van der Waals surface area (Å²) >= 11 is 1.79. The van der Waals surface area contributed by atoms with Gasteiger partial charge in [-0.1, -0.05) is 6.08 Å². The first-order chi connectivity index (χ1) is 7.70. The maximum atomic E-state index is 11.4. The van der Waals surface area contributed by atoms with Crippen molar-refractivity contribution in [1.29, 1.82) is 0 Å². The summed E-state index contributed by atoms with van der Waals surface area (Å²) in [6.45, 7) is 7.30. The van der Waals surface area contributed by atoms with Crippen molar-refractivity contribution < 1.29 is 9.53 Å². The molecule has 1 amide bonds. The number of methoxy groups -OCH3 is 1. The minimum atomic E-state index is 0.0123. The van der Waals surface area contributed by atoms with Crippen molar-refractivity contribution >= 4 is 17.7 Å². The summed E-state index contributed by atoms with van der Waals surface area (Å²) in [5, 5.41) is 5.92. The smallest absolute Gasteiger partial charge is 0.234 e. The summed E-state index contributed by atoms with van der Waals surface area (Å²) < 4.78 is 4.93. The summed E-state index contributed by atoms with van der Waals surface area (Å²) in [5.41, 5.74) is 0. The number of carbonyl (C=O) groups excluding carboxylic acids is 1. The Morgan fingerprint density at radius 1 is 1.62 bits per heavy atom. The fourth-order valence-electron chi connectivity index (χ4n) is 1.13. The Morgan fingerprint density at radius 3 is 3.00 bits per heavy atom. The van der Waals surface area contributed by atoms with E-state index in [0.29, 0.717) is 13.2 Å². The van der Waals surface area contributed by atoms with Gasteiger partial charge in [-0.15, -0.1) is 6.58 Å². The highest BCUT2D eigenvalue weighted by atomic mass is 32.2. The zero-order chi connectivity index (χ0) is 12.2. The van der Waals surface area contributed by atoms with E-state index >= 15 is 0 Å². The first kappa shape index (κ1) is 15.5. The molecule has 16 heavy (non-hydrogen) atoms. The second kappa shape index (κ2) is 11.0. The van der Waals surface area contributed by atoms with Gasteiger partial charge in [0.1, 0.15) is 0 Å². The molecule has 0 aromatic rings. The van der Waals surface area contributed by atoms with Gasteiger partial charge in [0.25, 0.3) is 0 Å². The van der Waals surface area contributed by atoms with Crippen LogP contribution in [0, 0.1) is 0 Å². The predicted molar refractivity (Wildman–Crippen MR) is 69.9 cm³/mol. The molecule has 0 aliphatic heterocycles. The number of nitrogens with one attached hydrogen (secondary N) is 2.